The van der Waals surface area contributed by atoms with Crippen molar-refractivity contribution in [1.29, 1.82) is 0 Å². The Kier molecular flexibility index (Phi) is 2.06. The second kappa shape index (κ2) is 3.59. The minimum atomic E-state index is -0.692. The van der Waals surface area contributed by atoms with E-state index in [0.29, 0.717) is 11.1 Å². The number of hydrogen-bond donors (Lipinski definition) is 2. The van der Waals surface area contributed by atoms with Crippen molar-refractivity contribution in [3.63, 3.8) is 0 Å². The van der Waals surface area contributed by atoms with Gasteiger partial charge >= 0.3 is 6.01 Å². The number of hydrogen-bond acceptors (Lipinski definition) is 5. The highest BCUT2D eigenvalue weighted by molar-refractivity contribution is 5.95. The summed E-state index contributed by atoms with van der Waals surface area (Å²) in [6, 6.07) is 7.51. The Morgan fingerprint density at radius 1 is 1.33 bits per heavy atom. The van der Waals surface area contributed by atoms with Gasteiger partial charge in [0.1, 0.15) is 5.52 Å². The molecule has 0 aliphatic heterocycles. The maximum Gasteiger partial charge on any atom is 0.323 e. The third kappa shape index (κ3) is 1.49. The first-order valence-electron chi connectivity index (χ1n) is 5.16. The molecule has 1 aromatic carbocycles. The van der Waals surface area contributed by atoms with Gasteiger partial charge in [0.2, 0.25) is 0 Å². The van der Waals surface area contributed by atoms with Crippen molar-refractivity contribution in [2.75, 3.05) is 5.73 Å². The number of amides is 1. The molecule has 0 saturated heterocycles. The van der Waals surface area contributed by atoms with Gasteiger partial charge in [-0.3, -0.25) is 4.79 Å². The van der Waals surface area contributed by atoms with Crippen LogP contribution in [0, 0.1) is 0 Å². The van der Waals surface area contributed by atoms with E-state index in [1.165, 1.54) is 10.9 Å². The molecule has 2 aromatic heterocycles. The minimum absolute atomic E-state index is 0.00254. The van der Waals surface area contributed by atoms with E-state index in [9.17, 15) is 4.79 Å². The summed E-state index contributed by atoms with van der Waals surface area (Å²) in [5.74, 6) is -0.692. The number of rotatable bonds is 2. The predicted molar refractivity (Wildman–Crippen MR) is 64.1 cm³/mol. The van der Waals surface area contributed by atoms with Gasteiger partial charge in [0.15, 0.2) is 11.3 Å². The lowest BCUT2D eigenvalue weighted by Crippen LogP contribution is -2.14. The first-order chi connectivity index (χ1) is 8.65. The molecule has 0 unspecified atom stereocenters. The number of carbonyl (C=O) groups is 1. The molecule has 18 heavy (non-hydrogen) atoms. The molecule has 0 aliphatic carbocycles. The van der Waals surface area contributed by atoms with Gasteiger partial charge in [0.25, 0.3) is 5.91 Å². The summed E-state index contributed by atoms with van der Waals surface area (Å²) in [7, 11) is 0. The molecule has 0 radical (unpaired) electrons. The third-order valence-electron chi connectivity index (χ3n) is 2.45. The van der Waals surface area contributed by atoms with Gasteiger partial charge in [-0.15, -0.1) is 0 Å². The zero-order valence-corrected chi connectivity index (χ0v) is 9.20. The Bertz CT molecular complexity index is 710. The van der Waals surface area contributed by atoms with Gasteiger partial charge in [0, 0.05) is 0 Å². The van der Waals surface area contributed by atoms with E-state index in [1.54, 1.807) is 6.07 Å². The number of nitrogens with two attached hydrogens (primary N) is 2. The quantitative estimate of drug-likeness (QED) is 0.687. The van der Waals surface area contributed by atoms with Crippen LogP contribution in [-0.4, -0.2) is 20.7 Å². The van der Waals surface area contributed by atoms with Crippen LogP contribution >= 0.6 is 0 Å². The fourth-order valence-electron chi connectivity index (χ4n) is 1.63. The number of nitrogens with zero attached hydrogens (tertiary/aromatic N) is 3. The predicted octanol–water partition coefficient (Wildman–Crippen LogP) is 0.695. The Morgan fingerprint density at radius 3 is 2.78 bits per heavy atom. The van der Waals surface area contributed by atoms with Crippen molar-refractivity contribution in [1.82, 2.24) is 14.8 Å². The van der Waals surface area contributed by atoms with Gasteiger partial charge in [-0.2, -0.15) is 14.8 Å². The molecule has 0 spiro atoms. The van der Waals surface area contributed by atoms with Crippen LogP contribution in [0.5, 0.6) is 0 Å². The topological polar surface area (TPSA) is 113 Å². The molecule has 0 fully saturated rings. The summed E-state index contributed by atoms with van der Waals surface area (Å²) in [6.45, 7) is 0. The van der Waals surface area contributed by atoms with Gasteiger partial charge < -0.3 is 15.9 Å². The second-order valence-corrected chi connectivity index (χ2v) is 3.71. The maximum absolute atomic E-state index is 11.1. The van der Waals surface area contributed by atoms with Crippen molar-refractivity contribution in [3.05, 3.63) is 36.2 Å². The monoisotopic (exact) mass is 243 g/mol. The molecule has 7 nitrogen and oxygen atoms in total. The number of aromatic nitrogens is 3. The normalized spacial score (nSPS) is 10.9. The fraction of sp³-hybridized carbons (Fsp3) is 0. The average Bonchev–Trinajstić information content (AvgIpc) is 2.91. The highest BCUT2D eigenvalue weighted by Crippen LogP contribution is 2.19. The van der Waals surface area contributed by atoms with Crippen LogP contribution in [0.2, 0.25) is 0 Å². The molecule has 3 rings (SSSR count). The molecule has 0 saturated carbocycles. The van der Waals surface area contributed by atoms with Crippen molar-refractivity contribution < 1.29 is 9.21 Å². The molecule has 1 amide bonds. The average molecular weight is 243 g/mol. The second-order valence-electron chi connectivity index (χ2n) is 3.71. The van der Waals surface area contributed by atoms with E-state index >= 15 is 0 Å². The van der Waals surface area contributed by atoms with Crippen LogP contribution in [0.3, 0.4) is 0 Å². The molecular weight excluding hydrogens is 234 g/mol. The zero-order valence-electron chi connectivity index (χ0n) is 9.20. The highest BCUT2D eigenvalue weighted by atomic mass is 16.4. The smallest absolute Gasteiger partial charge is 0.323 e. The molecule has 4 N–H and O–H groups in total. The van der Waals surface area contributed by atoms with E-state index in [2.05, 4.69) is 10.1 Å². The Hall–Kier alpha value is -2.83. The number of oxazole rings is 1. The standard InChI is InChI=1S/C11H9N5O2/c12-6-5-16(15-9(6)10(13)17)11-14-7-3-1-2-4-8(7)18-11/h1-5H,12H2,(H2,13,17). The van der Waals surface area contributed by atoms with Crippen LogP contribution in [0.15, 0.2) is 34.9 Å². The highest BCUT2D eigenvalue weighted by Gasteiger charge is 2.15. The Morgan fingerprint density at radius 2 is 2.11 bits per heavy atom. The van der Waals surface area contributed by atoms with Crippen LogP contribution in [-0.2, 0) is 0 Å². The fourth-order valence-corrected chi connectivity index (χ4v) is 1.63. The summed E-state index contributed by atoms with van der Waals surface area (Å²) in [5, 5.41) is 3.94. The van der Waals surface area contributed by atoms with Crippen LogP contribution in [0.1, 0.15) is 10.5 Å². The van der Waals surface area contributed by atoms with E-state index in [-0.39, 0.29) is 17.4 Å². The largest absolute Gasteiger partial charge is 0.422 e. The first-order valence-corrected chi connectivity index (χ1v) is 5.16. The lowest BCUT2D eigenvalue weighted by Gasteiger charge is -1.90. The van der Waals surface area contributed by atoms with Gasteiger partial charge in [-0.1, -0.05) is 12.1 Å². The van der Waals surface area contributed by atoms with Crippen molar-refractivity contribution in [2.24, 2.45) is 5.73 Å². The zero-order chi connectivity index (χ0) is 12.7. The molecule has 3 aromatic rings. The van der Waals surface area contributed by atoms with E-state index in [4.69, 9.17) is 15.9 Å². The number of fused-ring (bicyclic) bond motifs is 1. The van der Waals surface area contributed by atoms with Gasteiger partial charge in [0.05, 0.1) is 11.9 Å². The van der Waals surface area contributed by atoms with Gasteiger partial charge in [-0.25, -0.2) is 0 Å². The van der Waals surface area contributed by atoms with Gasteiger partial charge in [-0.05, 0) is 12.1 Å². The number of carbonyl (C=O) groups excluding carboxylic acids is 1. The van der Waals surface area contributed by atoms with Crippen molar-refractivity contribution >= 4 is 22.7 Å². The SMILES string of the molecule is NC(=O)c1nn(-c2nc3ccccc3o2)cc1N. The van der Waals surface area contributed by atoms with Crippen LogP contribution in [0.4, 0.5) is 5.69 Å². The Balaban J connectivity index is 2.14. The van der Waals surface area contributed by atoms with Crippen molar-refractivity contribution in [3.8, 4) is 6.01 Å². The summed E-state index contributed by atoms with van der Waals surface area (Å²) in [5.41, 5.74) is 12.3. The summed E-state index contributed by atoms with van der Waals surface area (Å²) in [4.78, 5) is 15.3. The van der Waals surface area contributed by atoms with Crippen LogP contribution in [0.25, 0.3) is 17.1 Å². The summed E-state index contributed by atoms with van der Waals surface area (Å²) in [6.07, 6.45) is 1.44. The lowest BCUT2D eigenvalue weighted by molar-refractivity contribution is 0.0996. The van der Waals surface area contributed by atoms with Crippen molar-refractivity contribution in [2.45, 2.75) is 0 Å². The maximum atomic E-state index is 11.1. The number of anilines is 1. The van der Waals surface area contributed by atoms with E-state index in [1.807, 2.05) is 18.2 Å². The lowest BCUT2D eigenvalue weighted by atomic mass is 10.3. The first kappa shape index (κ1) is 10.3. The molecule has 90 valence electrons. The molecule has 0 atom stereocenters. The summed E-state index contributed by atoms with van der Waals surface area (Å²) < 4.78 is 6.77. The number of para-hydroxylation sites is 2. The third-order valence-corrected chi connectivity index (χ3v) is 2.45. The van der Waals surface area contributed by atoms with E-state index < -0.39 is 5.91 Å². The molecule has 7 heteroatoms. The number of primary amides is 1. The van der Waals surface area contributed by atoms with E-state index in [0.717, 1.165) is 0 Å². The number of nitrogen functional groups attached to an aromatic ring is 1. The van der Waals surface area contributed by atoms with Crippen LogP contribution < -0.4 is 11.5 Å². The number of benzene rings is 1. The molecular formula is C11H9N5O2. The minimum Gasteiger partial charge on any atom is -0.422 e. The summed E-state index contributed by atoms with van der Waals surface area (Å²) >= 11 is 0. The molecule has 0 aliphatic rings. The molecule has 0 bridgehead atoms. The molecule has 2 heterocycles. The Labute approximate surface area is 101 Å².